The summed E-state index contributed by atoms with van der Waals surface area (Å²) < 4.78 is 5.13. The van der Waals surface area contributed by atoms with E-state index in [1.165, 1.54) is 0 Å². The molecule has 0 aliphatic carbocycles. The number of rotatable bonds is 4. The first-order valence-electron chi connectivity index (χ1n) is 6.56. The number of hydrogen-bond donors (Lipinski definition) is 0. The molecule has 0 fully saturated rings. The maximum Gasteiger partial charge on any atom is 0.254 e. The first kappa shape index (κ1) is 14.1. The van der Waals surface area contributed by atoms with Crippen LogP contribution in [0, 0.1) is 6.92 Å². The molecule has 0 saturated heterocycles. The van der Waals surface area contributed by atoms with E-state index < -0.39 is 0 Å². The van der Waals surface area contributed by atoms with Gasteiger partial charge in [-0.05, 0) is 36.2 Å². The Hall–Kier alpha value is -2.29. The third-order valence-electron chi connectivity index (χ3n) is 3.30. The van der Waals surface area contributed by atoms with Crippen molar-refractivity contribution in [1.82, 2.24) is 4.90 Å². The fraction of sp³-hybridized carbons (Fsp3) is 0.235. The second-order valence-corrected chi connectivity index (χ2v) is 4.82. The van der Waals surface area contributed by atoms with Crippen molar-refractivity contribution in [3.8, 4) is 5.75 Å². The predicted octanol–water partition coefficient (Wildman–Crippen LogP) is 3.28. The molecule has 2 aromatic rings. The van der Waals surface area contributed by atoms with Gasteiger partial charge in [-0.15, -0.1) is 0 Å². The molecular weight excluding hydrogens is 250 g/mol. The van der Waals surface area contributed by atoms with Gasteiger partial charge in [0.25, 0.3) is 5.91 Å². The van der Waals surface area contributed by atoms with E-state index in [0.29, 0.717) is 6.54 Å². The number of hydrogen-bond acceptors (Lipinski definition) is 2. The molecule has 0 unspecified atom stereocenters. The van der Waals surface area contributed by atoms with Gasteiger partial charge in [0.15, 0.2) is 0 Å². The van der Waals surface area contributed by atoms with Gasteiger partial charge in [0, 0.05) is 19.2 Å². The van der Waals surface area contributed by atoms with E-state index in [1.54, 1.807) is 12.0 Å². The average Bonchev–Trinajstić information content (AvgIpc) is 2.48. The predicted molar refractivity (Wildman–Crippen MR) is 80.0 cm³/mol. The molecule has 2 rings (SSSR count). The van der Waals surface area contributed by atoms with Gasteiger partial charge in [0.2, 0.25) is 0 Å². The van der Waals surface area contributed by atoms with Crippen molar-refractivity contribution in [1.29, 1.82) is 0 Å². The molecule has 3 nitrogen and oxygen atoms in total. The lowest BCUT2D eigenvalue weighted by atomic mass is 10.1. The van der Waals surface area contributed by atoms with Crippen molar-refractivity contribution in [3.05, 3.63) is 65.2 Å². The monoisotopic (exact) mass is 269 g/mol. The van der Waals surface area contributed by atoms with E-state index in [0.717, 1.165) is 22.4 Å². The molecule has 20 heavy (non-hydrogen) atoms. The Labute approximate surface area is 119 Å². The lowest BCUT2D eigenvalue weighted by molar-refractivity contribution is 0.0784. The number of benzene rings is 2. The lowest BCUT2D eigenvalue weighted by Crippen LogP contribution is -2.26. The molecule has 0 aromatic heterocycles. The van der Waals surface area contributed by atoms with Crippen molar-refractivity contribution >= 4 is 5.91 Å². The van der Waals surface area contributed by atoms with E-state index >= 15 is 0 Å². The Morgan fingerprint density at radius 3 is 2.35 bits per heavy atom. The first-order chi connectivity index (χ1) is 9.61. The number of aryl methyl sites for hydroxylation is 1. The Bertz CT molecular complexity index is 590. The highest BCUT2D eigenvalue weighted by atomic mass is 16.5. The third kappa shape index (κ3) is 3.18. The average molecular weight is 269 g/mol. The van der Waals surface area contributed by atoms with Crippen LogP contribution >= 0.6 is 0 Å². The lowest BCUT2D eigenvalue weighted by Gasteiger charge is -2.18. The van der Waals surface area contributed by atoms with Crippen LogP contribution in [-0.2, 0) is 6.54 Å². The number of amides is 1. The van der Waals surface area contributed by atoms with Crippen LogP contribution in [0.25, 0.3) is 0 Å². The van der Waals surface area contributed by atoms with Gasteiger partial charge in [-0.2, -0.15) is 0 Å². The molecule has 0 aliphatic rings. The highest BCUT2D eigenvalue weighted by Crippen LogP contribution is 2.15. The van der Waals surface area contributed by atoms with Crippen molar-refractivity contribution in [2.75, 3.05) is 14.2 Å². The molecule has 0 N–H and O–H groups in total. The molecule has 0 atom stereocenters. The van der Waals surface area contributed by atoms with Gasteiger partial charge in [-0.1, -0.05) is 30.3 Å². The van der Waals surface area contributed by atoms with Crippen molar-refractivity contribution in [2.24, 2.45) is 0 Å². The quantitative estimate of drug-likeness (QED) is 0.852. The number of methoxy groups -OCH3 is 1. The van der Waals surface area contributed by atoms with Crippen molar-refractivity contribution < 1.29 is 9.53 Å². The fourth-order valence-electron chi connectivity index (χ4n) is 2.10. The normalized spacial score (nSPS) is 10.2. The summed E-state index contributed by atoms with van der Waals surface area (Å²) in [5, 5.41) is 0. The SMILES string of the molecule is COc1ccc(CN(C)C(=O)c2ccccc2C)cc1. The number of carbonyl (C=O) groups excluding carboxylic acids is 1. The van der Waals surface area contributed by atoms with Crippen LogP contribution in [0.15, 0.2) is 48.5 Å². The topological polar surface area (TPSA) is 29.5 Å². The summed E-state index contributed by atoms with van der Waals surface area (Å²) in [6, 6.07) is 15.4. The molecule has 104 valence electrons. The number of ether oxygens (including phenoxy) is 1. The van der Waals surface area contributed by atoms with Crippen LogP contribution in [0.3, 0.4) is 0 Å². The second-order valence-electron chi connectivity index (χ2n) is 4.82. The van der Waals surface area contributed by atoms with E-state index in [-0.39, 0.29) is 5.91 Å². The molecule has 3 heteroatoms. The van der Waals surface area contributed by atoms with Gasteiger partial charge in [0.1, 0.15) is 5.75 Å². The van der Waals surface area contributed by atoms with Gasteiger partial charge in [-0.25, -0.2) is 0 Å². The molecule has 0 heterocycles. The maximum atomic E-state index is 12.4. The Balaban J connectivity index is 2.09. The first-order valence-corrected chi connectivity index (χ1v) is 6.56. The highest BCUT2D eigenvalue weighted by Gasteiger charge is 2.13. The van der Waals surface area contributed by atoms with Crippen molar-refractivity contribution in [3.63, 3.8) is 0 Å². The largest absolute Gasteiger partial charge is 0.497 e. The summed E-state index contributed by atoms with van der Waals surface area (Å²) in [4.78, 5) is 14.1. The highest BCUT2D eigenvalue weighted by molar-refractivity contribution is 5.95. The molecule has 0 bridgehead atoms. The molecule has 0 radical (unpaired) electrons. The summed E-state index contributed by atoms with van der Waals surface area (Å²) in [5.41, 5.74) is 2.83. The standard InChI is InChI=1S/C17H19NO2/c1-13-6-4-5-7-16(13)17(19)18(2)12-14-8-10-15(20-3)11-9-14/h4-11H,12H2,1-3H3. The Morgan fingerprint density at radius 2 is 1.75 bits per heavy atom. The van der Waals surface area contributed by atoms with E-state index in [9.17, 15) is 4.79 Å². The minimum atomic E-state index is 0.0407. The van der Waals surface area contributed by atoms with Crippen LogP contribution in [0.1, 0.15) is 21.5 Å². The van der Waals surface area contributed by atoms with Gasteiger partial charge in [0.05, 0.1) is 7.11 Å². The molecule has 2 aromatic carbocycles. The van der Waals surface area contributed by atoms with Gasteiger partial charge in [-0.3, -0.25) is 4.79 Å². The van der Waals surface area contributed by atoms with Crippen LogP contribution in [0.4, 0.5) is 0 Å². The summed E-state index contributed by atoms with van der Waals surface area (Å²) in [6.07, 6.45) is 0. The number of carbonyl (C=O) groups is 1. The molecule has 0 spiro atoms. The fourth-order valence-corrected chi connectivity index (χ4v) is 2.10. The minimum Gasteiger partial charge on any atom is -0.497 e. The van der Waals surface area contributed by atoms with Crippen LogP contribution in [0.5, 0.6) is 5.75 Å². The van der Waals surface area contributed by atoms with Gasteiger partial charge < -0.3 is 9.64 Å². The molecule has 0 aliphatic heterocycles. The van der Waals surface area contributed by atoms with Gasteiger partial charge >= 0.3 is 0 Å². The molecule has 1 amide bonds. The molecule has 0 saturated carbocycles. The molecular formula is C17H19NO2. The summed E-state index contributed by atoms with van der Waals surface area (Å²) in [5.74, 6) is 0.862. The summed E-state index contributed by atoms with van der Waals surface area (Å²) in [6.45, 7) is 2.53. The Kier molecular flexibility index (Phi) is 4.41. The zero-order chi connectivity index (χ0) is 14.5. The van der Waals surface area contributed by atoms with Crippen molar-refractivity contribution in [2.45, 2.75) is 13.5 Å². The smallest absolute Gasteiger partial charge is 0.254 e. The van der Waals surface area contributed by atoms with Crippen LogP contribution in [-0.4, -0.2) is 25.0 Å². The summed E-state index contributed by atoms with van der Waals surface area (Å²) >= 11 is 0. The summed E-state index contributed by atoms with van der Waals surface area (Å²) in [7, 11) is 3.46. The minimum absolute atomic E-state index is 0.0407. The van der Waals surface area contributed by atoms with E-state index in [1.807, 2.05) is 62.5 Å². The second kappa shape index (κ2) is 6.24. The zero-order valence-corrected chi connectivity index (χ0v) is 12.1. The maximum absolute atomic E-state index is 12.4. The van der Waals surface area contributed by atoms with E-state index in [2.05, 4.69) is 0 Å². The van der Waals surface area contributed by atoms with E-state index in [4.69, 9.17) is 4.74 Å². The van der Waals surface area contributed by atoms with Crippen LogP contribution < -0.4 is 4.74 Å². The third-order valence-corrected chi connectivity index (χ3v) is 3.30. The Morgan fingerprint density at radius 1 is 1.10 bits per heavy atom. The zero-order valence-electron chi connectivity index (χ0n) is 12.1. The van der Waals surface area contributed by atoms with Crippen LogP contribution in [0.2, 0.25) is 0 Å². The number of nitrogens with zero attached hydrogens (tertiary/aromatic N) is 1.